The number of amides is 2. The third-order valence-corrected chi connectivity index (χ3v) is 7.40. The Morgan fingerprint density at radius 2 is 1.87 bits per heavy atom. The molecule has 1 fully saturated rings. The SMILES string of the molecule is COc1nccc(C(F)F)c1N1CCC(N2C(=O)N(Cc3ccccc3C(F)(F)F)c3n[nH]cc3C2C)CC1. The van der Waals surface area contributed by atoms with Crippen molar-refractivity contribution in [2.45, 2.75) is 51.0 Å². The van der Waals surface area contributed by atoms with Gasteiger partial charge in [0.25, 0.3) is 6.43 Å². The number of nitrogens with one attached hydrogen (secondary N) is 1. The van der Waals surface area contributed by atoms with Gasteiger partial charge in [0.1, 0.15) is 5.69 Å². The van der Waals surface area contributed by atoms with Crippen LogP contribution in [-0.4, -0.2) is 52.4 Å². The van der Waals surface area contributed by atoms with E-state index >= 15 is 0 Å². The van der Waals surface area contributed by atoms with Crippen molar-refractivity contribution in [3.63, 3.8) is 0 Å². The fraction of sp³-hybridized carbons (Fsp3) is 0.423. The second kappa shape index (κ2) is 10.3. The minimum Gasteiger partial charge on any atom is -0.480 e. The highest BCUT2D eigenvalue weighted by atomic mass is 19.4. The number of anilines is 2. The van der Waals surface area contributed by atoms with Gasteiger partial charge in [-0.3, -0.25) is 10.00 Å². The zero-order valence-electron chi connectivity index (χ0n) is 21.3. The molecule has 13 heteroatoms. The van der Waals surface area contributed by atoms with E-state index in [0.717, 1.165) is 6.07 Å². The summed E-state index contributed by atoms with van der Waals surface area (Å²) in [6.07, 6.45) is -3.46. The third kappa shape index (κ3) is 4.85. The molecule has 0 saturated carbocycles. The van der Waals surface area contributed by atoms with Gasteiger partial charge in [0.05, 0.1) is 25.3 Å². The molecule has 2 aliphatic heterocycles. The molecule has 0 spiro atoms. The van der Waals surface area contributed by atoms with E-state index < -0.39 is 24.2 Å². The summed E-state index contributed by atoms with van der Waals surface area (Å²) in [5, 5.41) is 6.92. The number of piperidine rings is 1. The van der Waals surface area contributed by atoms with Gasteiger partial charge in [0.2, 0.25) is 5.88 Å². The quantitative estimate of drug-likeness (QED) is 0.385. The molecule has 1 saturated heterocycles. The third-order valence-electron chi connectivity index (χ3n) is 7.40. The number of benzene rings is 1. The van der Waals surface area contributed by atoms with Crippen LogP contribution in [0.3, 0.4) is 0 Å². The molecular formula is C26H27F5N6O2. The van der Waals surface area contributed by atoms with Crippen LogP contribution in [-0.2, 0) is 12.7 Å². The zero-order chi connectivity index (χ0) is 27.9. The number of hydrogen-bond donors (Lipinski definition) is 1. The lowest BCUT2D eigenvalue weighted by Crippen LogP contribution is -2.55. The maximum Gasteiger partial charge on any atom is 0.416 e. The standard InChI is InChI=1S/C26H27F5N6O2/c1-15-19-13-33-34-23(19)36(14-16-5-3-4-6-20(16)26(29,30)31)25(38)37(15)17-8-11-35(12-9-17)21-18(22(27)28)7-10-32-24(21)39-2/h3-7,10,13,15,17,22H,8-9,11-12,14H2,1-2H3,(H,33,34). The maximum absolute atomic E-state index is 13.8. The van der Waals surface area contributed by atoms with Crippen molar-refractivity contribution in [3.05, 3.63) is 65.0 Å². The Balaban J connectivity index is 1.40. The number of fused-ring (bicyclic) bond motifs is 1. The van der Waals surface area contributed by atoms with Crippen molar-refractivity contribution in [2.24, 2.45) is 0 Å². The van der Waals surface area contributed by atoms with E-state index in [1.54, 1.807) is 16.0 Å². The molecule has 4 heterocycles. The Morgan fingerprint density at radius 3 is 2.54 bits per heavy atom. The second-order valence-electron chi connectivity index (χ2n) is 9.55. The fourth-order valence-corrected chi connectivity index (χ4v) is 5.54. The summed E-state index contributed by atoms with van der Waals surface area (Å²) in [5.41, 5.74) is -0.113. The first-order chi connectivity index (χ1) is 18.6. The second-order valence-corrected chi connectivity index (χ2v) is 9.55. The molecular weight excluding hydrogens is 523 g/mol. The van der Waals surface area contributed by atoms with Crippen LogP contribution in [0.4, 0.5) is 38.3 Å². The minimum absolute atomic E-state index is 0.0418. The van der Waals surface area contributed by atoms with Crippen molar-refractivity contribution in [1.29, 1.82) is 0 Å². The van der Waals surface area contributed by atoms with Crippen molar-refractivity contribution < 1.29 is 31.5 Å². The summed E-state index contributed by atoms with van der Waals surface area (Å²) in [6, 6.07) is 5.30. The highest BCUT2D eigenvalue weighted by Crippen LogP contribution is 2.42. The Bertz CT molecular complexity index is 1340. The predicted molar refractivity (Wildman–Crippen MR) is 133 cm³/mol. The molecule has 2 amide bonds. The average Bonchev–Trinajstić information content (AvgIpc) is 3.41. The van der Waals surface area contributed by atoms with Crippen LogP contribution >= 0.6 is 0 Å². The lowest BCUT2D eigenvalue weighted by Gasteiger charge is -2.46. The van der Waals surface area contributed by atoms with Gasteiger partial charge in [0.15, 0.2) is 5.82 Å². The number of halogens is 5. The Morgan fingerprint density at radius 1 is 1.15 bits per heavy atom. The van der Waals surface area contributed by atoms with Gasteiger partial charge in [0, 0.05) is 42.7 Å². The number of alkyl halides is 5. The van der Waals surface area contributed by atoms with E-state index in [2.05, 4.69) is 15.2 Å². The van der Waals surface area contributed by atoms with E-state index in [0.29, 0.717) is 37.3 Å². The van der Waals surface area contributed by atoms with Crippen molar-refractivity contribution >= 4 is 17.5 Å². The highest BCUT2D eigenvalue weighted by Gasteiger charge is 2.43. The first-order valence-electron chi connectivity index (χ1n) is 12.5. The Hall–Kier alpha value is -3.90. The summed E-state index contributed by atoms with van der Waals surface area (Å²) >= 11 is 0. The van der Waals surface area contributed by atoms with Gasteiger partial charge >= 0.3 is 12.2 Å². The van der Waals surface area contributed by atoms with E-state index in [9.17, 15) is 26.7 Å². The maximum atomic E-state index is 13.8. The first kappa shape index (κ1) is 26.7. The van der Waals surface area contributed by atoms with E-state index in [1.807, 2.05) is 6.92 Å². The number of carbonyl (C=O) groups is 1. The molecule has 0 aliphatic carbocycles. The van der Waals surface area contributed by atoms with Crippen LogP contribution in [0.5, 0.6) is 5.88 Å². The first-order valence-corrected chi connectivity index (χ1v) is 12.5. The molecule has 1 aromatic carbocycles. The lowest BCUT2D eigenvalue weighted by atomic mass is 9.97. The van der Waals surface area contributed by atoms with Gasteiger partial charge in [-0.2, -0.15) is 18.3 Å². The Kier molecular flexibility index (Phi) is 7.08. The number of aromatic amines is 1. The summed E-state index contributed by atoms with van der Waals surface area (Å²) in [7, 11) is 1.37. The number of hydrogen-bond acceptors (Lipinski definition) is 5. The van der Waals surface area contributed by atoms with Gasteiger partial charge in [-0.15, -0.1) is 0 Å². The number of methoxy groups -OCH3 is 1. The normalized spacial score (nSPS) is 18.6. The molecule has 1 N–H and O–H groups in total. The zero-order valence-corrected chi connectivity index (χ0v) is 21.3. The minimum atomic E-state index is -4.58. The number of ether oxygens (including phenoxy) is 1. The van der Waals surface area contributed by atoms with Gasteiger partial charge in [-0.25, -0.2) is 18.6 Å². The van der Waals surface area contributed by atoms with E-state index in [4.69, 9.17) is 4.74 Å². The Labute approximate surface area is 221 Å². The molecule has 208 valence electrons. The molecule has 1 unspecified atom stereocenters. The van der Waals surface area contributed by atoms with Gasteiger partial charge in [-0.1, -0.05) is 18.2 Å². The van der Waals surface area contributed by atoms with Crippen LogP contribution in [0, 0.1) is 0 Å². The average molecular weight is 551 g/mol. The number of aromatic nitrogens is 3. The molecule has 2 aliphatic rings. The molecule has 1 atom stereocenters. The predicted octanol–water partition coefficient (Wildman–Crippen LogP) is 5.94. The van der Waals surface area contributed by atoms with Crippen LogP contribution in [0.25, 0.3) is 0 Å². The largest absolute Gasteiger partial charge is 0.480 e. The van der Waals surface area contributed by atoms with Crippen molar-refractivity contribution in [2.75, 3.05) is 30.0 Å². The molecule has 0 radical (unpaired) electrons. The van der Waals surface area contributed by atoms with E-state index in [-0.39, 0.29) is 41.3 Å². The van der Waals surface area contributed by atoms with Crippen LogP contribution < -0.4 is 14.5 Å². The van der Waals surface area contributed by atoms with Crippen LogP contribution in [0.1, 0.15) is 54.5 Å². The molecule has 39 heavy (non-hydrogen) atoms. The highest BCUT2D eigenvalue weighted by molar-refractivity contribution is 5.94. The molecule has 8 nitrogen and oxygen atoms in total. The monoisotopic (exact) mass is 550 g/mol. The number of urea groups is 1. The molecule has 0 bridgehead atoms. The van der Waals surface area contributed by atoms with Crippen molar-refractivity contribution in [1.82, 2.24) is 20.1 Å². The number of pyridine rings is 1. The number of H-pyrrole nitrogens is 1. The van der Waals surface area contributed by atoms with Gasteiger partial charge in [-0.05, 0) is 37.5 Å². The van der Waals surface area contributed by atoms with Crippen LogP contribution in [0.15, 0.2) is 42.7 Å². The van der Waals surface area contributed by atoms with Gasteiger partial charge < -0.3 is 14.5 Å². The topological polar surface area (TPSA) is 77.6 Å². The van der Waals surface area contributed by atoms with Crippen molar-refractivity contribution in [3.8, 4) is 5.88 Å². The molecule has 5 rings (SSSR count). The summed E-state index contributed by atoms with van der Waals surface area (Å²) in [4.78, 5) is 22.6. The smallest absolute Gasteiger partial charge is 0.416 e. The van der Waals surface area contributed by atoms with Crippen LogP contribution in [0.2, 0.25) is 0 Å². The number of nitrogens with zero attached hydrogens (tertiary/aromatic N) is 5. The number of carbonyl (C=O) groups excluding carboxylic acids is 1. The number of rotatable bonds is 6. The summed E-state index contributed by atoms with van der Waals surface area (Å²) < 4.78 is 73.8. The summed E-state index contributed by atoms with van der Waals surface area (Å²) in [6.45, 7) is 2.26. The van der Waals surface area contributed by atoms with E-state index in [1.165, 1.54) is 42.5 Å². The molecule has 2 aromatic heterocycles. The molecule has 3 aromatic rings. The fourth-order valence-electron chi connectivity index (χ4n) is 5.54. The lowest BCUT2D eigenvalue weighted by molar-refractivity contribution is -0.138. The summed E-state index contributed by atoms with van der Waals surface area (Å²) in [5.74, 6) is 0.394.